The fourth-order valence-electron chi connectivity index (χ4n) is 3.91. The smallest absolute Gasteiger partial charge is 0.256 e. The molecule has 28 heavy (non-hydrogen) atoms. The van der Waals surface area contributed by atoms with E-state index in [1.165, 1.54) is 6.07 Å². The molecule has 1 aliphatic heterocycles. The minimum absolute atomic E-state index is 0.0350. The number of carbonyl (C=O) groups excluding carboxylic acids is 2. The topological polar surface area (TPSA) is 88.1 Å². The standard InChI is InChI=1S/C21H22N4O3/c1-13-11-17(26)15-6-3-7-16(18(15)23-13)21(28)25-9-4-5-14(12-25)19(27)20-22-8-10-24(20)2/h3,6-8,10-11,14H,4-5,9,12H2,1-2H3,(H,23,26)/t14-/m0/s1. The van der Waals surface area contributed by atoms with Gasteiger partial charge in [-0.05, 0) is 31.9 Å². The molecule has 7 nitrogen and oxygen atoms in total. The van der Waals surface area contributed by atoms with E-state index in [1.54, 1.807) is 54.0 Å². The summed E-state index contributed by atoms with van der Waals surface area (Å²) in [6, 6.07) is 6.69. The molecule has 3 heterocycles. The van der Waals surface area contributed by atoms with Crippen LogP contribution in [0.2, 0.25) is 0 Å². The van der Waals surface area contributed by atoms with E-state index in [2.05, 4.69) is 9.97 Å². The number of pyridine rings is 1. The summed E-state index contributed by atoms with van der Waals surface area (Å²) in [6.07, 6.45) is 4.84. The third-order valence-corrected chi connectivity index (χ3v) is 5.35. The van der Waals surface area contributed by atoms with Crippen LogP contribution in [0.4, 0.5) is 0 Å². The Morgan fingerprint density at radius 1 is 1.29 bits per heavy atom. The van der Waals surface area contributed by atoms with E-state index >= 15 is 0 Å². The third kappa shape index (κ3) is 3.13. The Hall–Kier alpha value is -3.22. The number of rotatable bonds is 3. The number of likely N-dealkylation sites (tertiary alicyclic amines) is 1. The summed E-state index contributed by atoms with van der Waals surface area (Å²) in [5.41, 5.74) is 1.61. The highest BCUT2D eigenvalue weighted by Gasteiger charge is 2.31. The molecule has 1 aromatic carbocycles. The summed E-state index contributed by atoms with van der Waals surface area (Å²) >= 11 is 0. The van der Waals surface area contributed by atoms with Gasteiger partial charge in [-0.25, -0.2) is 4.98 Å². The van der Waals surface area contributed by atoms with Crippen LogP contribution < -0.4 is 5.43 Å². The first-order chi connectivity index (χ1) is 13.5. The molecular weight excluding hydrogens is 356 g/mol. The van der Waals surface area contributed by atoms with Crippen molar-refractivity contribution >= 4 is 22.6 Å². The molecule has 1 fully saturated rings. The summed E-state index contributed by atoms with van der Waals surface area (Å²) < 4.78 is 1.71. The number of piperidine rings is 1. The average molecular weight is 378 g/mol. The van der Waals surface area contributed by atoms with Crippen LogP contribution in [-0.2, 0) is 7.05 Å². The second-order valence-electron chi connectivity index (χ2n) is 7.36. The number of aromatic amines is 1. The number of para-hydroxylation sites is 1. The van der Waals surface area contributed by atoms with E-state index in [0.717, 1.165) is 12.8 Å². The predicted molar refractivity (Wildman–Crippen MR) is 105 cm³/mol. The van der Waals surface area contributed by atoms with Gasteiger partial charge in [0.05, 0.1) is 11.1 Å². The zero-order valence-corrected chi connectivity index (χ0v) is 15.9. The van der Waals surface area contributed by atoms with E-state index in [4.69, 9.17) is 0 Å². The largest absolute Gasteiger partial charge is 0.358 e. The highest BCUT2D eigenvalue weighted by Crippen LogP contribution is 2.24. The van der Waals surface area contributed by atoms with Crippen LogP contribution >= 0.6 is 0 Å². The van der Waals surface area contributed by atoms with Crippen molar-refractivity contribution in [2.45, 2.75) is 19.8 Å². The van der Waals surface area contributed by atoms with Gasteiger partial charge in [0, 0.05) is 55.6 Å². The summed E-state index contributed by atoms with van der Waals surface area (Å²) in [7, 11) is 1.79. The number of nitrogens with one attached hydrogen (secondary N) is 1. The molecule has 0 unspecified atom stereocenters. The van der Waals surface area contributed by atoms with Crippen LogP contribution in [0.1, 0.15) is 39.5 Å². The van der Waals surface area contributed by atoms with Crippen LogP contribution in [0.5, 0.6) is 0 Å². The van der Waals surface area contributed by atoms with Gasteiger partial charge in [-0.3, -0.25) is 14.4 Å². The van der Waals surface area contributed by atoms with Gasteiger partial charge in [0.2, 0.25) is 5.78 Å². The average Bonchev–Trinajstić information content (AvgIpc) is 3.12. The van der Waals surface area contributed by atoms with Gasteiger partial charge in [-0.2, -0.15) is 0 Å². The Balaban J connectivity index is 1.64. The number of hydrogen-bond donors (Lipinski definition) is 1. The molecule has 1 amide bonds. The van der Waals surface area contributed by atoms with Crippen molar-refractivity contribution in [3.8, 4) is 0 Å². The number of aryl methyl sites for hydroxylation is 2. The molecule has 1 N–H and O–H groups in total. The fraction of sp³-hybridized carbons (Fsp3) is 0.333. The lowest BCUT2D eigenvalue weighted by molar-refractivity contribution is 0.0634. The Morgan fingerprint density at radius 3 is 2.86 bits per heavy atom. The Morgan fingerprint density at radius 2 is 2.11 bits per heavy atom. The van der Waals surface area contributed by atoms with Crippen molar-refractivity contribution < 1.29 is 9.59 Å². The summed E-state index contributed by atoms with van der Waals surface area (Å²) in [6.45, 7) is 2.75. The number of hydrogen-bond acceptors (Lipinski definition) is 4. The number of imidazole rings is 1. The molecule has 144 valence electrons. The zero-order valence-electron chi connectivity index (χ0n) is 15.9. The van der Waals surface area contributed by atoms with Gasteiger partial charge < -0.3 is 14.5 Å². The number of benzene rings is 1. The van der Waals surface area contributed by atoms with Gasteiger partial charge in [0.1, 0.15) is 0 Å². The molecule has 1 atom stereocenters. The number of aromatic nitrogens is 3. The maximum Gasteiger partial charge on any atom is 0.256 e. The third-order valence-electron chi connectivity index (χ3n) is 5.35. The fourth-order valence-corrected chi connectivity index (χ4v) is 3.91. The van der Waals surface area contributed by atoms with E-state index in [0.29, 0.717) is 41.1 Å². The quantitative estimate of drug-likeness (QED) is 0.709. The minimum atomic E-state index is -0.269. The molecule has 2 aromatic heterocycles. The van der Waals surface area contributed by atoms with Crippen LogP contribution in [0.3, 0.4) is 0 Å². The molecule has 3 aromatic rings. The van der Waals surface area contributed by atoms with E-state index in [-0.39, 0.29) is 23.0 Å². The van der Waals surface area contributed by atoms with Crippen molar-refractivity contribution in [1.82, 2.24) is 19.4 Å². The predicted octanol–water partition coefficient (Wildman–Crippen LogP) is 2.31. The molecule has 1 aliphatic rings. The van der Waals surface area contributed by atoms with Crippen molar-refractivity contribution in [3.05, 3.63) is 64.0 Å². The van der Waals surface area contributed by atoms with Gasteiger partial charge in [-0.15, -0.1) is 0 Å². The number of amides is 1. The molecule has 0 bridgehead atoms. The first-order valence-electron chi connectivity index (χ1n) is 9.39. The molecule has 4 rings (SSSR count). The van der Waals surface area contributed by atoms with Gasteiger partial charge in [0.15, 0.2) is 11.3 Å². The number of carbonyl (C=O) groups is 2. The second kappa shape index (κ2) is 7.07. The minimum Gasteiger partial charge on any atom is -0.358 e. The van der Waals surface area contributed by atoms with Crippen molar-refractivity contribution in [2.24, 2.45) is 13.0 Å². The summed E-state index contributed by atoms with van der Waals surface area (Å²) in [4.78, 5) is 47.3. The molecule has 1 saturated heterocycles. The van der Waals surface area contributed by atoms with E-state index < -0.39 is 0 Å². The monoisotopic (exact) mass is 378 g/mol. The number of Topliss-reactive ketones (excluding diaryl/α,β-unsaturated/α-hetero) is 1. The van der Waals surface area contributed by atoms with E-state index in [1.807, 2.05) is 0 Å². The number of H-pyrrole nitrogens is 1. The molecule has 7 heteroatoms. The van der Waals surface area contributed by atoms with Gasteiger partial charge >= 0.3 is 0 Å². The van der Waals surface area contributed by atoms with Crippen LogP contribution in [0.25, 0.3) is 10.9 Å². The normalized spacial score (nSPS) is 17.1. The molecule has 0 saturated carbocycles. The SMILES string of the molecule is Cc1cc(=O)c2cccc(C(=O)N3CCC[C@H](C(=O)c4nccn4C)C3)c2[nH]1. The summed E-state index contributed by atoms with van der Waals surface area (Å²) in [5.74, 6) is -0.0460. The number of ketones is 1. The van der Waals surface area contributed by atoms with Crippen LogP contribution in [0, 0.1) is 12.8 Å². The molecule has 0 spiro atoms. The zero-order chi connectivity index (χ0) is 19.8. The lowest BCUT2D eigenvalue weighted by Gasteiger charge is -2.32. The van der Waals surface area contributed by atoms with Gasteiger partial charge in [-0.1, -0.05) is 6.07 Å². The molecular formula is C21H22N4O3. The lowest BCUT2D eigenvalue weighted by Crippen LogP contribution is -2.42. The molecule has 0 radical (unpaired) electrons. The Kier molecular flexibility index (Phi) is 4.58. The van der Waals surface area contributed by atoms with Crippen molar-refractivity contribution in [2.75, 3.05) is 13.1 Å². The van der Waals surface area contributed by atoms with Crippen LogP contribution in [0.15, 0.2) is 41.5 Å². The van der Waals surface area contributed by atoms with Crippen molar-refractivity contribution in [3.63, 3.8) is 0 Å². The lowest BCUT2D eigenvalue weighted by atomic mass is 9.92. The molecule has 0 aliphatic carbocycles. The first-order valence-corrected chi connectivity index (χ1v) is 9.39. The van der Waals surface area contributed by atoms with Crippen LogP contribution in [-0.4, -0.2) is 44.2 Å². The highest BCUT2D eigenvalue weighted by atomic mass is 16.2. The second-order valence-corrected chi connectivity index (χ2v) is 7.36. The number of nitrogens with zero attached hydrogens (tertiary/aromatic N) is 3. The Bertz CT molecular complexity index is 1130. The van der Waals surface area contributed by atoms with Crippen molar-refractivity contribution in [1.29, 1.82) is 0 Å². The summed E-state index contributed by atoms with van der Waals surface area (Å²) in [5, 5.41) is 0.495. The van der Waals surface area contributed by atoms with Gasteiger partial charge in [0.25, 0.3) is 5.91 Å². The maximum atomic E-state index is 13.2. The highest BCUT2D eigenvalue weighted by molar-refractivity contribution is 6.05. The Labute approximate surface area is 162 Å². The number of fused-ring (bicyclic) bond motifs is 1. The maximum absolute atomic E-state index is 13.2. The first kappa shape index (κ1) is 18.2. The van der Waals surface area contributed by atoms with E-state index in [9.17, 15) is 14.4 Å².